The minimum Gasteiger partial charge on any atom is -0.282 e. The van der Waals surface area contributed by atoms with Gasteiger partial charge in [-0.1, -0.05) is 12.1 Å². The molecule has 0 fully saturated rings. The predicted octanol–water partition coefficient (Wildman–Crippen LogP) is 2.53. The molecule has 2 rings (SSSR count). The molecule has 2 aromatic rings. The van der Waals surface area contributed by atoms with Gasteiger partial charge < -0.3 is 0 Å². The fraction of sp³-hybridized carbons (Fsp3) is 0.143. The number of rotatable bonds is 6. The zero-order valence-corrected chi connectivity index (χ0v) is 13.0. The molecule has 2 aromatic carbocycles. The lowest BCUT2D eigenvalue weighted by molar-refractivity contribution is -0.394. The van der Waals surface area contributed by atoms with Crippen LogP contribution in [0.4, 0.5) is 11.4 Å². The molecule has 10 heteroatoms. The van der Waals surface area contributed by atoms with Crippen LogP contribution in [0.25, 0.3) is 0 Å². The first-order valence-electron chi connectivity index (χ1n) is 6.66. The minimum absolute atomic E-state index is 0.243. The number of non-ortho nitro benzene ring substituents is 1. The van der Waals surface area contributed by atoms with Gasteiger partial charge in [-0.15, -0.1) is 0 Å². The van der Waals surface area contributed by atoms with E-state index >= 15 is 0 Å². The first-order chi connectivity index (χ1) is 11.2. The molecule has 0 heterocycles. The second-order valence-electron chi connectivity index (χ2n) is 4.95. The van der Waals surface area contributed by atoms with E-state index < -0.39 is 20.0 Å². The van der Waals surface area contributed by atoms with E-state index in [0.717, 1.165) is 6.07 Å². The van der Waals surface area contributed by atoms with Gasteiger partial charge in [0.25, 0.3) is 21.5 Å². The summed E-state index contributed by atoms with van der Waals surface area (Å²) in [5.74, 6) is 0. The lowest BCUT2D eigenvalue weighted by Crippen LogP contribution is -2.01. The Morgan fingerprint density at radius 2 is 1.54 bits per heavy atom. The van der Waals surface area contributed by atoms with E-state index in [1.807, 2.05) is 0 Å². The summed E-state index contributed by atoms with van der Waals surface area (Å²) in [6.45, 7) is 0. The van der Waals surface area contributed by atoms with Gasteiger partial charge in [-0.25, -0.2) is 0 Å². The second kappa shape index (κ2) is 6.72. The predicted molar refractivity (Wildman–Crippen MR) is 83.4 cm³/mol. The summed E-state index contributed by atoms with van der Waals surface area (Å²) in [6.07, 6.45) is 0.615. The molecule has 0 aliphatic rings. The third-order valence-corrected chi connectivity index (χ3v) is 4.25. The van der Waals surface area contributed by atoms with Crippen molar-refractivity contribution in [3.05, 3.63) is 73.8 Å². The lowest BCUT2D eigenvalue weighted by Gasteiger charge is -2.04. The van der Waals surface area contributed by atoms with E-state index in [-0.39, 0.29) is 22.7 Å². The maximum absolute atomic E-state index is 11.1. The molecule has 0 saturated heterocycles. The van der Waals surface area contributed by atoms with E-state index in [2.05, 4.69) is 0 Å². The molecule has 0 amide bonds. The van der Waals surface area contributed by atoms with Crippen LogP contribution in [-0.4, -0.2) is 22.8 Å². The Labute approximate surface area is 136 Å². The van der Waals surface area contributed by atoms with Crippen molar-refractivity contribution in [1.29, 1.82) is 0 Å². The van der Waals surface area contributed by atoms with Gasteiger partial charge in [0.15, 0.2) is 0 Å². The minimum atomic E-state index is -4.27. The average Bonchev–Trinajstić information content (AvgIpc) is 2.52. The van der Waals surface area contributed by atoms with Gasteiger partial charge in [-0.05, 0) is 36.6 Å². The first kappa shape index (κ1) is 17.5. The van der Waals surface area contributed by atoms with Crippen LogP contribution in [0.3, 0.4) is 0 Å². The highest BCUT2D eigenvalue weighted by atomic mass is 32.2. The highest BCUT2D eigenvalue weighted by Gasteiger charge is 2.19. The van der Waals surface area contributed by atoms with Crippen molar-refractivity contribution in [3.63, 3.8) is 0 Å². The van der Waals surface area contributed by atoms with E-state index in [9.17, 15) is 28.6 Å². The summed E-state index contributed by atoms with van der Waals surface area (Å²) in [5.41, 5.74) is 0.348. The molecule has 0 aromatic heterocycles. The monoisotopic (exact) mass is 352 g/mol. The van der Waals surface area contributed by atoms with Gasteiger partial charge in [0, 0.05) is 11.6 Å². The molecule has 0 saturated carbocycles. The Morgan fingerprint density at radius 3 is 2.04 bits per heavy atom. The van der Waals surface area contributed by atoms with E-state index in [4.69, 9.17) is 4.55 Å². The normalized spacial score (nSPS) is 11.2. The quantitative estimate of drug-likeness (QED) is 0.478. The lowest BCUT2D eigenvalue weighted by atomic mass is 10.0. The first-order valence-corrected chi connectivity index (χ1v) is 8.10. The van der Waals surface area contributed by atoms with Crippen LogP contribution in [0.5, 0.6) is 0 Å². The van der Waals surface area contributed by atoms with Crippen molar-refractivity contribution < 1.29 is 22.8 Å². The standard InChI is InChI=1S/C14H12N2O7S/c17-15(18)12-6-5-11(14(9-12)16(19)20)4-1-10-2-7-13(8-3-10)24(21,22)23/h2-3,5-9H,1,4H2,(H,21,22,23). The van der Waals surface area contributed by atoms with Crippen molar-refractivity contribution in [2.24, 2.45) is 0 Å². The van der Waals surface area contributed by atoms with E-state index in [0.29, 0.717) is 17.5 Å². The Morgan fingerprint density at radius 1 is 0.917 bits per heavy atom. The fourth-order valence-corrected chi connectivity index (χ4v) is 2.63. The van der Waals surface area contributed by atoms with E-state index in [1.165, 1.54) is 36.4 Å². The molecule has 1 N–H and O–H groups in total. The molecule has 9 nitrogen and oxygen atoms in total. The zero-order chi connectivity index (χ0) is 17.9. The highest BCUT2D eigenvalue weighted by molar-refractivity contribution is 7.85. The fourth-order valence-electron chi connectivity index (χ4n) is 2.15. The van der Waals surface area contributed by atoms with E-state index in [1.54, 1.807) is 0 Å². The van der Waals surface area contributed by atoms with Crippen molar-refractivity contribution in [2.75, 3.05) is 0 Å². The largest absolute Gasteiger partial charge is 0.294 e. The number of nitrogens with zero attached hydrogens (tertiary/aromatic N) is 2. The molecular formula is C14H12N2O7S. The summed E-state index contributed by atoms with van der Waals surface area (Å²) >= 11 is 0. The number of benzene rings is 2. The van der Waals surface area contributed by atoms with Crippen LogP contribution in [-0.2, 0) is 23.0 Å². The Balaban J connectivity index is 2.20. The Kier molecular flexibility index (Phi) is 4.90. The molecule has 0 bridgehead atoms. The molecule has 0 radical (unpaired) electrons. The van der Waals surface area contributed by atoms with Gasteiger partial charge >= 0.3 is 0 Å². The summed E-state index contributed by atoms with van der Waals surface area (Å²) in [5, 5.41) is 21.7. The number of aryl methyl sites for hydroxylation is 2. The molecule has 0 spiro atoms. The molecule has 24 heavy (non-hydrogen) atoms. The second-order valence-corrected chi connectivity index (χ2v) is 6.37. The molecule has 0 aliphatic heterocycles. The summed E-state index contributed by atoms with van der Waals surface area (Å²) < 4.78 is 30.8. The zero-order valence-electron chi connectivity index (χ0n) is 12.2. The van der Waals surface area contributed by atoms with Gasteiger partial charge in [-0.3, -0.25) is 24.8 Å². The van der Waals surface area contributed by atoms with Crippen molar-refractivity contribution in [3.8, 4) is 0 Å². The number of hydrogen-bond acceptors (Lipinski definition) is 6. The topological polar surface area (TPSA) is 141 Å². The summed E-state index contributed by atoms with van der Waals surface area (Å²) in [6, 6.07) is 8.88. The van der Waals surface area contributed by atoms with Gasteiger partial charge in [0.1, 0.15) is 0 Å². The van der Waals surface area contributed by atoms with Gasteiger partial charge in [-0.2, -0.15) is 8.42 Å². The van der Waals surface area contributed by atoms with Crippen LogP contribution >= 0.6 is 0 Å². The SMILES string of the molecule is O=[N+]([O-])c1ccc(CCc2ccc(S(=O)(=O)O)cc2)c([N+](=O)[O-])c1. The smallest absolute Gasteiger partial charge is 0.282 e. The van der Waals surface area contributed by atoms with Crippen molar-refractivity contribution in [2.45, 2.75) is 17.7 Å². The van der Waals surface area contributed by atoms with Crippen LogP contribution in [0.2, 0.25) is 0 Å². The van der Waals surface area contributed by atoms with Crippen LogP contribution in [0.1, 0.15) is 11.1 Å². The Bertz CT molecular complexity index is 892. The summed E-state index contributed by atoms with van der Waals surface area (Å²) in [4.78, 5) is 20.1. The molecule has 126 valence electrons. The van der Waals surface area contributed by atoms with Crippen molar-refractivity contribution >= 4 is 21.5 Å². The van der Waals surface area contributed by atoms with Crippen LogP contribution < -0.4 is 0 Å². The summed E-state index contributed by atoms with van der Waals surface area (Å²) in [7, 11) is -4.27. The maximum Gasteiger partial charge on any atom is 0.294 e. The number of hydrogen-bond donors (Lipinski definition) is 1. The number of nitro benzene ring substituents is 2. The van der Waals surface area contributed by atoms with Crippen molar-refractivity contribution in [1.82, 2.24) is 0 Å². The maximum atomic E-state index is 11.1. The van der Waals surface area contributed by atoms with Gasteiger partial charge in [0.2, 0.25) is 0 Å². The van der Waals surface area contributed by atoms with Crippen LogP contribution in [0, 0.1) is 20.2 Å². The Hall–Kier alpha value is -2.85. The number of nitro groups is 2. The third-order valence-electron chi connectivity index (χ3n) is 3.38. The van der Waals surface area contributed by atoms with Crippen LogP contribution in [0.15, 0.2) is 47.4 Å². The third kappa shape index (κ3) is 4.12. The molecular weight excluding hydrogens is 340 g/mol. The highest BCUT2D eigenvalue weighted by Crippen LogP contribution is 2.26. The molecule has 0 atom stereocenters. The molecule has 0 unspecified atom stereocenters. The van der Waals surface area contributed by atoms with Gasteiger partial charge in [0.05, 0.1) is 20.8 Å². The average molecular weight is 352 g/mol. The molecule has 0 aliphatic carbocycles.